The van der Waals surface area contributed by atoms with Gasteiger partial charge >= 0.3 is 0 Å². The van der Waals surface area contributed by atoms with Gasteiger partial charge in [-0.25, -0.2) is 0 Å². The molecule has 1 aromatic carbocycles. The van der Waals surface area contributed by atoms with Gasteiger partial charge in [-0.2, -0.15) is 0 Å². The minimum absolute atomic E-state index is 0.868. The van der Waals surface area contributed by atoms with Crippen LogP contribution in [0.1, 0.15) is 12.2 Å². The van der Waals surface area contributed by atoms with Crippen molar-refractivity contribution < 1.29 is 9.15 Å². The Labute approximate surface area is 107 Å². The summed E-state index contributed by atoms with van der Waals surface area (Å²) < 4.78 is 11.0. The lowest BCUT2D eigenvalue weighted by Crippen LogP contribution is -2.23. The number of hydrogen-bond donors (Lipinski definition) is 0. The second-order valence-corrected chi connectivity index (χ2v) is 4.76. The molecule has 0 bridgehead atoms. The van der Waals surface area contributed by atoms with Crippen LogP contribution in [0.25, 0.3) is 16.3 Å². The molecule has 0 amide bonds. The Morgan fingerprint density at radius 1 is 1.33 bits per heavy atom. The maximum Gasteiger partial charge on any atom is 0.137 e. The SMILES string of the molecule is COc1ccc2c(C3=CCN(C)CC3)occ2c1. The number of likely N-dealkylation sites (N-methyl/N-ethyl adjacent to an activating group) is 1. The standard InChI is InChI=1S/C15H17NO2/c1-16-7-5-11(6-8-16)15-14-4-3-13(17-2)9-12(14)10-18-15/h3-5,9-10H,6-8H2,1-2H3. The summed E-state index contributed by atoms with van der Waals surface area (Å²) in [5.74, 6) is 1.88. The zero-order chi connectivity index (χ0) is 12.5. The van der Waals surface area contributed by atoms with Gasteiger partial charge in [-0.15, -0.1) is 0 Å². The first kappa shape index (κ1) is 11.4. The smallest absolute Gasteiger partial charge is 0.137 e. The van der Waals surface area contributed by atoms with Crippen molar-refractivity contribution in [3.8, 4) is 5.75 Å². The zero-order valence-corrected chi connectivity index (χ0v) is 10.8. The van der Waals surface area contributed by atoms with E-state index in [1.165, 1.54) is 11.0 Å². The molecule has 0 unspecified atom stereocenters. The Bertz CT molecular complexity index is 598. The summed E-state index contributed by atoms with van der Waals surface area (Å²) in [6.07, 6.45) is 5.11. The fourth-order valence-electron chi connectivity index (χ4n) is 2.38. The summed E-state index contributed by atoms with van der Waals surface area (Å²) in [5.41, 5.74) is 1.31. The van der Waals surface area contributed by atoms with Gasteiger partial charge in [0.25, 0.3) is 0 Å². The van der Waals surface area contributed by atoms with Crippen LogP contribution in [0.4, 0.5) is 0 Å². The van der Waals surface area contributed by atoms with E-state index < -0.39 is 0 Å². The van der Waals surface area contributed by atoms with E-state index in [1.807, 2.05) is 18.4 Å². The summed E-state index contributed by atoms with van der Waals surface area (Å²) in [6, 6.07) is 6.07. The molecule has 94 valence electrons. The highest BCUT2D eigenvalue weighted by Crippen LogP contribution is 2.32. The van der Waals surface area contributed by atoms with E-state index in [1.54, 1.807) is 7.11 Å². The quantitative estimate of drug-likeness (QED) is 0.810. The van der Waals surface area contributed by atoms with Crippen LogP contribution in [-0.4, -0.2) is 32.1 Å². The van der Waals surface area contributed by atoms with E-state index in [0.717, 1.165) is 36.4 Å². The van der Waals surface area contributed by atoms with Gasteiger partial charge in [0.05, 0.1) is 13.4 Å². The maximum atomic E-state index is 5.75. The first-order valence-corrected chi connectivity index (χ1v) is 6.21. The lowest BCUT2D eigenvalue weighted by atomic mass is 10.0. The lowest BCUT2D eigenvalue weighted by Gasteiger charge is -2.20. The Morgan fingerprint density at radius 3 is 2.94 bits per heavy atom. The Kier molecular flexibility index (Phi) is 2.84. The van der Waals surface area contributed by atoms with E-state index in [4.69, 9.17) is 9.15 Å². The van der Waals surface area contributed by atoms with E-state index in [-0.39, 0.29) is 0 Å². The van der Waals surface area contributed by atoms with Gasteiger partial charge < -0.3 is 14.1 Å². The molecule has 1 aromatic heterocycles. The number of nitrogens with zero attached hydrogens (tertiary/aromatic N) is 1. The van der Waals surface area contributed by atoms with Gasteiger partial charge in [0.2, 0.25) is 0 Å². The lowest BCUT2D eigenvalue weighted by molar-refractivity contribution is 0.367. The van der Waals surface area contributed by atoms with E-state index in [9.17, 15) is 0 Å². The van der Waals surface area contributed by atoms with Crippen LogP contribution in [0.5, 0.6) is 5.75 Å². The van der Waals surface area contributed by atoms with Crippen LogP contribution in [-0.2, 0) is 0 Å². The molecule has 0 fully saturated rings. The topological polar surface area (TPSA) is 25.6 Å². The molecule has 0 saturated carbocycles. The van der Waals surface area contributed by atoms with Crippen LogP contribution in [0.2, 0.25) is 0 Å². The molecule has 0 saturated heterocycles. The first-order valence-electron chi connectivity index (χ1n) is 6.21. The molecule has 3 rings (SSSR count). The third kappa shape index (κ3) is 1.91. The van der Waals surface area contributed by atoms with E-state index in [0.29, 0.717) is 0 Å². The van der Waals surface area contributed by atoms with Gasteiger partial charge in [-0.05, 0) is 37.2 Å². The summed E-state index contributed by atoms with van der Waals surface area (Å²) in [5, 5.41) is 2.27. The number of methoxy groups -OCH3 is 1. The molecule has 0 radical (unpaired) electrons. The highest BCUT2D eigenvalue weighted by Gasteiger charge is 2.15. The highest BCUT2D eigenvalue weighted by molar-refractivity contribution is 5.92. The fraction of sp³-hybridized carbons (Fsp3) is 0.333. The monoisotopic (exact) mass is 243 g/mol. The zero-order valence-electron chi connectivity index (χ0n) is 10.8. The third-order valence-electron chi connectivity index (χ3n) is 3.51. The predicted octanol–water partition coefficient (Wildman–Crippen LogP) is 3.16. The van der Waals surface area contributed by atoms with Gasteiger partial charge in [0, 0.05) is 23.9 Å². The van der Waals surface area contributed by atoms with Crippen molar-refractivity contribution in [2.24, 2.45) is 0 Å². The minimum Gasteiger partial charge on any atom is -0.497 e. The van der Waals surface area contributed by atoms with E-state index in [2.05, 4.69) is 24.1 Å². The molecule has 3 heteroatoms. The average molecular weight is 243 g/mol. The molecule has 0 atom stereocenters. The second-order valence-electron chi connectivity index (χ2n) is 4.76. The van der Waals surface area contributed by atoms with Crippen molar-refractivity contribution in [1.82, 2.24) is 4.90 Å². The molecule has 0 N–H and O–H groups in total. The predicted molar refractivity (Wildman–Crippen MR) is 72.9 cm³/mol. The van der Waals surface area contributed by atoms with Crippen molar-refractivity contribution >= 4 is 16.3 Å². The molecule has 1 aliphatic heterocycles. The largest absolute Gasteiger partial charge is 0.497 e. The van der Waals surface area contributed by atoms with Crippen molar-refractivity contribution in [1.29, 1.82) is 0 Å². The molecule has 2 aromatic rings. The second kappa shape index (κ2) is 4.50. The van der Waals surface area contributed by atoms with Crippen LogP contribution >= 0.6 is 0 Å². The summed E-state index contributed by atoms with van der Waals surface area (Å²) in [4.78, 5) is 2.30. The number of hydrogen-bond acceptors (Lipinski definition) is 3. The molecule has 0 aliphatic carbocycles. The summed E-state index contributed by atoms with van der Waals surface area (Å²) >= 11 is 0. The van der Waals surface area contributed by atoms with Gasteiger partial charge in [0.15, 0.2) is 0 Å². The number of benzene rings is 1. The van der Waals surface area contributed by atoms with Gasteiger partial charge in [-0.3, -0.25) is 0 Å². The van der Waals surface area contributed by atoms with Crippen molar-refractivity contribution in [2.75, 3.05) is 27.2 Å². The molecular formula is C15H17NO2. The fourth-order valence-corrected chi connectivity index (χ4v) is 2.38. The number of fused-ring (bicyclic) bond motifs is 1. The molecule has 3 nitrogen and oxygen atoms in total. The Morgan fingerprint density at radius 2 is 2.22 bits per heavy atom. The first-order chi connectivity index (χ1) is 8.78. The van der Waals surface area contributed by atoms with Gasteiger partial charge in [0.1, 0.15) is 11.5 Å². The Balaban J connectivity index is 2.03. The molecule has 0 spiro atoms. The van der Waals surface area contributed by atoms with Crippen molar-refractivity contribution in [2.45, 2.75) is 6.42 Å². The van der Waals surface area contributed by atoms with Crippen LogP contribution in [0.15, 0.2) is 35.0 Å². The summed E-state index contributed by atoms with van der Waals surface area (Å²) in [7, 11) is 3.82. The normalized spacial score (nSPS) is 16.9. The highest BCUT2D eigenvalue weighted by atomic mass is 16.5. The third-order valence-corrected chi connectivity index (χ3v) is 3.51. The van der Waals surface area contributed by atoms with Crippen LogP contribution in [0, 0.1) is 0 Å². The number of rotatable bonds is 2. The summed E-state index contributed by atoms with van der Waals surface area (Å²) in [6.45, 7) is 2.08. The van der Waals surface area contributed by atoms with Gasteiger partial charge in [-0.1, -0.05) is 6.08 Å². The molecule has 1 aliphatic rings. The molecule has 18 heavy (non-hydrogen) atoms. The number of furan rings is 1. The minimum atomic E-state index is 0.868. The van der Waals surface area contributed by atoms with Crippen LogP contribution < -0.4 is 4.74 Å². The molecular weight excluding hydrogens is 226 g/mol. The van der Waals surface area contributed by atoms with Crippen molar-refractivity contribution in [3.63, 3.8) is 0 Å². The maximum absolute atomic E-state index is 5.75. The van der Waals surface area contributed by atoms with E-state index >= 15 is 0 Å². The Hall–Kier alpha value is -1.74. The molecule has 2 heterocycles. The average Bonchev–Trinajstić information content (AvgIpc) is 2.82. The van der Waals surface area contributed by atoms with Crippen molar-refractivity contribution in [3.05, 3.63) is 36.3 Å². The van der Waals surface area contributed by atoms with Crippen LogP contribution in [0.3, 0.4) is 0 Å². The number of ether oxygens (including phenoxy) is 1.